The third-order valence-electron chi connectivity index (χ3n) is 2.18. The Hall–Kier alpha value is -0.120. The summed E-state index contributed by atoms with van der Waals surface area (Å²) < 4.78 is 76.3. The van der Waals surface area contributed by atoms with Crippen LogP contribution in [0.15, 0.2) is 0 Å². The van der Waals surface area contributed by atoms with Crippen LogP contribution in [0.25, 0.3) is 0 Å². The highest BCUT2D eigenvalue weighted by Crippen LogP contribution is 2.37. The number of hydroxylamine groups is 2. The molecule has 1 aliphatic rings. The van der Waals surface area contributed by atoms with Crippen molar-refractivity contribution in [3.05, 3.63) is 0 Å². The van der Waals surface area contributed by atoms with Crippen molar-refractivity contribution in [3.63, 3.8) is 0 Å². The highest BCUT2D eigenvalue weighted by atomic mass is 35.5. The molecule has 0 N–H and O–H groups in total. The number of alkyl halides is 5. The van der Waals surface area contributed by atoms with Gasteiger partial charge in [0.25, 0.3) is 10.1 Å². The van der Waals surface area contributed by atoms with E-state index in [-0.39, 0.29) is 5.06 Å². The molecule has 0 radical (unpaired) electrons. The quantitative estimate of drug-likeness (QED) is 0.442. The first-order valence-electron chi connectivity index (χ1n) is 4.52. The van der Waals surface area contributed by atoms with Gasteiger partial charge in [-0.2, -0.15) is 25.9 Å². The summed E-state index contributed by atoms with van der Waals surface area (Å²) in [5, 5.41) is -1.36. The lowest BCUT2D eigenvalue weighted by molar-refractivity contribution is -0.234. The summed E-state index contributed by atoms with van der Waals surface area (Å²) in [6.07, 6.45) is -6.67. The molecule has 1 saturated heterocycles. The number of halogens is 5. The SMILES string of the molecule is CS(=O)(=O)ON1CC(C(F)(F)F)CC(Cl)C1F. The first-order valence-corrected chi connectivity index (χ1v) is 6.77. The maximum Gasteiger partial charge on any atom is 0.393 e. The summed E-state index contributed by atoms with van der Waals surface area (Å²) in [6.45, 7) is -0.902. The molecule has 0 aromatic rings. The van der Waals surface area contributed by atoms with E-state index >= 15 is 0 Å². The highest BCUT2D eigenvalue weighted by Gasteiger charge is 2.49. The second-order valence-electron chi connectivity index (χ2n) is 3.74. The number of hydrogen-bond acceptors (Lipinski definition) is 4. The maximum atomic E-state index is 13.4. The van der Waals surface area contributed by atoms with Gasteiger partial charge in [-0.1, -0.05) is 0 Å². The molecule has 17 heavy (non-hydrogen) atoms. The summed E-state index contributed by atoms with van der Waals surface area (Å²) in [4.78, 5) is 0. The van der Waals surface area contributed by atoms with Crippen LogP contribution in [0.2, 0.25) is 0 Å². The molecule has 1 heterocycles. The molecule has 0 amide bonds. The van der Waals surface area contributed by atoms with Crippen molar-refractivity contribution in [3.8, 4) is 0 Å². The molecule has 3 unspecified atom stereocenters. The molecule has 102 valence electrons. The number of hydrogen-bond donors (Lipinski definition) is 0. The van der Waals surface area contributed by atoms with Gasteiger partial charge < -0.3 is 0 Å². The number of piperidine rings is 1. The largest absolute Gasteiger partial charge is 0.393 e. The van der Waals surface area contributed by atoms with E-state index < -0.39 is 46.9 Å². The third kappa shape index (κ3) is 4.23. The summed E-state index contributed by atoms with van der Waals surface area (Å²) in [7, 11) is -4.09. The average molecular weight is 300 g/mol. The molecule has 0 aromatic heterocycles. The average Bonchev–Trinajstić information content (AvgIpc) is 2.08. The Morgan fingerprint density at radius 3 is 2.35 bits per heavy atom. The Balaban J connectivity index is 2.82. The Bertz CT molecular complexity index is 374. The van der Waals surface area contributed by atoms with E-state index in [0.717, 1.165) is 0 Å². The van der Waals surface area contributed by atoms with Crippen molar-refractivity contribution in [1.29, 1.82) is 0 Å². The van der Waals surface area contributed by atoms with Crippen LogP contribution in [0.3, 0.4) is 0 Å². The molecule has 1 fully saturated rings. The molecule has 10 heteroatoms. The maximum absolute atomic E-state index is 13.4. The van der Waals surface area contributed by atoms with Crippen LogP contribution in [0.4, 0.5) is 17.6 Å². The zero-order valence-corrected chi connectivity index (χ0v) is 10.2. The Morgan fingerprint density at radius 2 is 1.94 bits per heavy atom. The van der Waals surface area contributed by atoms with Gasteiger partial charge in [0.05, 0.1) is 17.6 Å². The monoisotopic (exact) mass is 299 g/mol. The first kappa shape index (κ1) is 14.9. The molecular formula is C7H10ClF4NO3S. The predicted octanol–water partition coefficient (Wildman–Crippen LogP) is 1.66. The van der Waals surface area contributed by atoms with Gasteiger partial charge in [-0.15, -0.1) is 16.7 Å². The third-order valence-corrected chi connectivity index (χ3v) is 3.03. The Labute approximate surface area is 101 Å². The topological polar surface area (TPSA) is 46.6 Å². The van der Waals surface area contributed by atoms with Crippen molar-refractivity contribution in [2.45, 2.75) is 24.3 Å². The Kier molecular flexibility index (Phi) is 4.28. The minimum absolute atomic E-state index is 0.120. The van der Waals surface area contributed by atoms with Crippen LogP contribution in [0.5, 0.6) is 0 Å². The van der Waals surface area contributed by atoms with Crippen molar-refractivity contribution >= 4 is 21.7 Å². The van der Waals surface area contributed by atoms with Crippen LogP contribution in [-0.4, -0.2) is 44.1 Å². The molecule has 0 saturated carbocycles. The van der Waals surface area contributed by atoms with Gasteiger partial charge in [-0.3, -0.25) is 0 Å². The normalized spacial score (nSPS) is 32.7. The zero-order chi connectivity index (χ0) is 13.4. The molecule has 1 rings (SSSR count). The van der Waals surface area contributed by atoms with Crippen molar-refractivity contribution in [2.24, 2.45) is 5.92 Å². The summed E-state index contributed by atoms with van der Waals surface area (Å²) in [5.41, 5.74) is 0. The van der Waals surface area contributed by atoms with Gasteiger partial charge in [0.2, 0.25) is 0 Å². The fraction of sp³-hybridized carbons (Fsp3) is 1.00. The fourth-order valence-electron chi connectivity index (χ4n) is 1.44. The van der Waals surface area contributed by atoms with Gasteiger partial charge in [-0.05, 0) is 6.42 Å². The molecule has 4 nitrogen and oxygen atoms in total. The van der Waals surface area contributed by atoms with Crippen LogP contribution in [0, 0.1) is 5.92 Å². The smallest absolute Gasteiger partial charge is 0.226 e. The molecule has 0 spiro atoms. The second kappa shape index (κ2) is 4.87. The fourth-order valence-corrected chi connectivity index (χ4v) is 2.27. The standard InChI is InChI=1S/C7H10ClF4NO3S/c1-17(14,15)16-13-3-4(7(10,11)12)2-5(8)6(13)9/h4-6H,2-3H2,1H3. The van der Waals surface area contributed by atoms with Crippen LogP contribution >= 0.6 is 11.6 Å². The van der Waals surface area contributed by atoms with Crippen molar-refractivity contribution in [1.82, 2.24) is 5.06 Å². The molecule has 0 bridgehead atoms. The zero-order valence-electron chi connectivity index (χ0n) is 8.62. The van der Waals surface area contributed by atoms with E-state index in [1.54, 1.807) is 0 Å². The lowest BCUT2D eigenvalue weighted by Gasteiger charge is -2.36. The summed E-state index contributed by atoms with van der Waals surface area (Å²) in [5.74, 6) is -1.92. The predicted molar refractivity (Wildman–Crippen MR) is 51.3 cm³/mol. The molecular weight excluding hydrogens is 290 g/mol. The van der Waals surface area contributed by atoms with E-state index in [1.165, 1.54) is 0 Å². The van der Waals surface area contributed by atoms with E-state index in [4.69, 9.17) is 11.6 Å². The lowest BCUT2D eigenvalue weighted by Crippen LogP contribution is -2.51. The minimum Gasteiger partial charge on any atom is -0.226 e. The van der Waals surface area contributed by atoms with Gasteiger partial charge in [0, 0.05) is 6.54 Å². The Morgan fingerprint density at radius 1 is 1.41 bits per heavy atom. The van der Waals surface area contributed by atoms with Gasteiger partial charge in [0.15, 0.2) is 6.30 Å². The van der Waals surface area contributed by atoms with Gasteiger partial charge >= 0.3 is 6.18 Å². The van der Waals surface area contributed by atoms with Crippen LogP contribution in [0.1, 0.15) is 6.42 Å². The first-order chi connectivity index (χ1) is 7.50. The van der Waals surface area contributed by atoms with E-state index in [2.05, 4.69) is 4.28 Å². The van der Waals surface area contributed by atoms with E-state index in [1.807, 2.05) is 0 Å². The molecule has 0 aliphatic carbocycles. The lowest BCUT2D eigenvalue weighted by atomic mass is 9.98. The number of rotatable bonds is 2. The highest BCUT2D eigenvalue weighted by molar-refractivity contribution is 7.85. The molecule has 1 aliphatic heterocycles. The van der Waals surface area contributed by atoms with Gasteiger partial charge in [-0.25, -0.2) is 4.39 Å². The van der Waals surface area contributed by atoms with E-state index in [9.17, 15) is 26.0 Å². The molecule has 3 atom stereocenters. The van der Waals surface area contributed by atoms with Crippen LogP contribution in [-0.2, 0) is 14.4 Å². The summed E-state index contributed by atoms with van der Waals surface area (Å²) >= 11 is 5.40. The van der Waals surface area contributed by atoms with Crippen molar-refractivity contribution in [2.75, 3.05) is 12.8 Å². The molecule has 0 aromatic carbocycles. The number of nitrogens with zero attached hydrogens (tertiary/aromatic N) is 1. The second-order valence-corrected chi connectivity index (χ2v) is 5.86. The minimum atomic E-state index is -4.58. The van der Waals surface area contributed by atoms with Gasteiger partial charge in [0.1, 0.15) is 0 Å². The van der Waals surface area contributed by atoms with E-state index in [0.29, 0.717) is 6.26 Å². The van der Waals surface area contributed by atoms with Crippen molar-refractivity contribution < 1.29 is 30.3 Å². The van der Waals surface area contributed by atoms with Crippen LogP contribution < -0.4 is 0 Å². The summed E-state index contributed by atoms with van der Waals surface area (Å²) in [6, 6.07) is 0.